The highest BCUT2D eigenvalue weighted by Gasteiger charge is 2.35. The molecule has 3 N–H and O–H groups in total. The predicted molar refractivity (Wildman–Crippen MR) is 96.9 cm³/mol. The third-order valence-electron chi connectivity index (χ3n) is 4.68. The number of carboxylic acids is 1. The second-order valence-electron chi connectivity index (χ2n) is 6.54. The lowest BCUT2D eigenvalue weighted by atomic mass is 9.78. The second-order valence-corrected chi connectivity index (χ2v) is 6.54. The van der Waals surface area contributed by atoms with Crippen molar-refractivity contribution in [1.29, 1.82) is 0 Å². The zero-order valence-electron chi connectivity index (χ0n) is 14.7. The summed E-state index contributed by atoms with van der Waals surface area (Å²) in [7, 11) is -1.03. The van der Waals surface area contributed by atoms with Crippen LogP contribution in [-0.2, 0) is 6.42 Å². The van der Waals surface area contributed by atoms with E-state index >= 15 is 0 Å². The fourth-order valence-electron chi connectivity index (χ4n) is 3.30. The molecule has 144 valence electrons. The van der Waals surface area contributed by atoms with Crippen LogP contribution in [0.15, 0.2) is 36.0 Å². The highest BCUT2D eigenvalue weighted by molar-refractivity contribution is 6.44. The predicted octanol–water partition coefficient (Wildman–Crippen LogP) is 0.489. The van der Waals surface area contributed by atoms with Crippen LogP contribution in [0.2, 0.25) is 6.32 Å². The molecule has 2 aliphatic heterocycles. The summed E-state index contributed by atoms with van der Waals surface area (Å²) in [6.45, 7) is 0.793. The quantitative estimate of drug-likeness (QED) is 0.226. The van der Waals surface area contributed by atoms with Gasteiger partial charge >= 0.3 is 13.1 Å². The topological polar surface area (TPSA) is 138 Å². The molecule has 28 heavy (non-hydrogen) atoms. The van der Waals surface area contributed by atoms with E-state index in [4.69, 9.17) is 9.39 Å². The molecule has 0 spiro atoms. The molecule has 10 nitrogen and oxygen atoms in total. The smallest absolute Gasteiger partial charge is 0.522 e. The number of hydrogen-bond acceptors (Lipinski definition) is 8. The molecule has 0 unspecified atom stereocenters. The van der Waals surface area contributed by atoms with Gasteiger partial charge in [-0.15, -0.1) is 0 Å². The number of hydrogen-bond donors (Lipinski definition) is 3. The van der Waals surface area contributed by atoms with Gasteiger partial charge in [-0.05, 0) is 24.4 Å². The molecule has 11 heteroatoms. The molecule has 2 aliphatic rings. The zero-order chi connectivity index (χ0) is 19.7. The maximum Gasteiger partial charge on any atom is 0.522 e. The average Bonchev–Trinajstić information content (AvgIpc) is 2.66. The van der Waals surface area contributed by atoms with Crippen LogP contribution in [-0.4, -0.2) is 68.3 Å². The number of aromatic carboxylic acids is 1. The van der Waals surface area contributed by atoms with Crippen LogP contribution in [0, 0.1) is 0 Å². The molecule has 0 radical (unpaired) electrons. The van der Waals surface area contributed by atoms with E-state index in [2.05, 4.69) is 15.1 Å². The Balaban J connectivity index is 1.49. The van der Waals surface area contributed by atoms with Gasteiger partial charge in [0.25, 0.3) is 0 Å². The molecular weight excluding hydrogens is 367 g/mol. The Morgan fingerprint density at radius 3 is 2.75 bits per heavy atom. The molecule has 0 amide bonds. The molecule has 4 rings (SSSR count). The molecule has 0 saturated carbocycles. The molecule has 1 aromatic heterocycles. The van der Waals surface area contributed by atoms with Gasteiger partial charge in [0.1, 0.15) is 29.5 Å². The van der Waals surface area contributed by atoms with Gasteiger partial charge in [0.05, 0.1) is 18.7 Å². The van der Waals surface area contributed by atoms with Gasteiger partial charge in [-0.2, -0.15) is 0 Å². The van der Waals surface area contributed by atoms with Crippen LogP contribution >= 0.6 is 0 Å². The Hall–Kier alpha value is -3.34. The summed E-state index contributed by atoms with van der Waals surface area (Å²) in [5.74, 6) is -0.540. The molecule has 3 heterocycles. The Morgan fingerprint density at radius 1 is 1.32 bits per heavy atom. The van der Waals surface area contributed by atoms with Crippen molar-refractivity contribution < 1.29 is 29.5 Å². The van der Waals surface area contributed by atoms with Gasteiger partial charge in [-0.1, -0.05) is 11.2 Å². The number of oxime groups is 1. The van der Waals surface area contributed by atoms with Crippen molar-refractivity contribution in [2.24, 2.45) is 5.16 Å². The van der Waals surface area contributed by atoms with E-state index in [-0.39, 0.29) is 23.2 Å². The first kappa shape index (κ1) is 18.0. The maximum absolute atomic E-state index is 11.8. The van der Waals surface area contributed by atoms with Crippen molar-refractivity contribution in [3.05, 3.63) is 47.5 Å². The van der Waals surface area contributed by atoms with Crippen molar-refractivity contribution >= 4 is 18.9 Å². The number of rotatable bonds is 4. The van der Waals surface area contributed by atoms with Gasteiger partial charge in [0.15, 0.2) is 5.84 Å². The number of fused-ring (bicyclic) bond motifs is 1. The van der Waals surface area contributed by atoms with E-state index in [0.717, 1.165) is 5.56 Å². The van der Waals surface area contributed by atoms with Gasteiger partial charge in [-0.25, -0.2) is 14.8 Å². The summed E-state index contributed by atoms with van der Waals surface area (Å²) in [4.78, 5) is 21.3. The van der Waals surface area contributed by atoms with Crippen LogP contribution in [0.5, 0.6) is 11.5 Å². The van der Waals surface area contributed by atoms with Gasteiger partial charge in [0.2, 0.25) is 0 Å². The number of nitrogens with zero attached hydrogens (tertiary/aromatic N) is 4. The summed E-state index contributed by atoms with van der Waals surface area (Å²) >= 11 is 0. The summed E-state index contributed by atoms with van der Waals surface area (Å²) in [5.41, 5.74) is 1.19. The Kier molecular flexibility index (Phi) is 4.74. The normalized spacial score (nSPS) is 16.8. The summed E-state index contributed by atoms with van der Waals surface area (Å²) < 4.78 is 11.2. The maximum atomic E-state index is 11.8. The Morgan fingerprint density at radius 2 is 2.07 bits per heavy atom. The van der Waals surface area contributed by atoms with E-state index in [9.17, 15) is 20.1 Å². The number of aromatic nitrogens is 2. The molecule has 0 atom stereocenters. The lowest BCUT2D eigenvalue weighted by Crippen LogP contribution is -2.56. The van der Waals surface area contributed by atoms with Gasteiger partial charge in [-0.3, -0.25) is 0 Å². The largest absolute Gasteiger partial charge is 0.535 e. The van der Waals surface area contributed by atoms with Gasteiger partial charge < -0.3 is 29.6 Å². The molecular formula is C17H17BN4O6. The van der Waals surface area contributed by atoms with E-state index in [1.165, 1.54) is 18.7 Å². The second kappa shape index (κ2) is 7.35. The van der Waals surface area contributed by atoms with Crippen molar-refractivity contribution in [2.45, 2.75) is 18.8 Å². The number of aryl methyl sites for hydroxylation is 1. The van der Waals surface area contributed by atoms with Gasteiger partial charge in [0, 0.05) is 12.4 Å². The molecule has 1 aromatic carbocycles. The van der Waals surface area contributed by atoms with E-state index in [1.54, 1.807) is 17.0 Å². The summed E-state index contributed by atoms with van der Waals surface area (Å²) in [6, 6.07) is 3.36. The molecule has 0 bridgehead atoms. The number of likely N-dealkylation sites (tertiary alicyclic amines) is 1. The number of carboxylic acid groups (broad SMARTS) is 1. The highest BCUT2D eigenvalue weighted by atomic mass is 16.5. The third kappa shape index (κ3) is 3.31. The third-order valence-corrected chi connectivity index (χ3v) is 4.68. The van der Waals surface area contributed by atoms with E-state index < -0.39 is 13.1 Å². The fourth-order valence-corrected chi connectivity index (χ4v) is 3.30. The van der Waals surface area contributed by atoms with Crippen LogP contribution in [0.4, 0.5) is 0 Å². The molecule has 1 saturated heterocycles. The minimum absolute atomic E-state index is 0.0952. The highest BCUT2D eigenvalue weighted by Crippen LogP contribution is 2.37. The Labute approximate surface area is 160 Å². The zero-order valence-corrected chi connectivity index (χ0v) is 14.7. The number of benzene rings is 1. The van der Waals surface area contributed by atoms with Crippen molar-refractivity contribution in [1.82, 2.24) is 14.9 Å². The molecule has 2 aromatic rings. The lowest BCUT2D eigenvalue weighted by Gasteiger charge is -2.40. The molecule has 0 aliphatic carbocycles. The number of amidine groups is 1. The standard InChI is InChI=1S/C17H17BN4O6/c23-17(24)14-13(2-1-10-3-4-18(25)28-15(10)14)27-12-7-22(8-12)16(21-26)11-5-19-9-20-6-11/h1-2,5-6,9,12,25-26H,3-4,7-8H2,(H,23,24)/b21-16-. The number of carbonyl (C=O) groups is 1. The van der Waals surface area contributed by atoms with E-state index in [1.807, 2.05) is 0 Å². The SMILES string of the molecule is O=C(O)c1c(OC2CN(/C(=N\O)c3cncnc3)C2)ccc2c1OB(O)CC2. The minimum atomic E-state index is -1.18. The first-order valence-electron chi connectivity index (χ1n) is 8.69. The monoisotopic (exact) mass is 384 g/mol. The van der Waals surface area contributed by atoms with Crippen molar-refractivity contribution in [2.75, 3.05) is 13.1 Å². The summed E-state index contributed by atoms with van der Waals surface area (Å²) in [6.07, 6.45) is 5.09. The fraction of sp³-hybridized carbons (Fsp3) is 0.294. The first-order valence-corrected chi connectivity index (χ1v) is 8.69. The van der Waals surface area contributed by atoms with Crippen molar-refractivity contribution in [3.63, 3.8) is 0 Å². The van der Waals surface area contributed by atoms with Crippen molar-refractivity contribution in [3.8, 4) is 11.5 Å². The van der Waals surface area contributed by atoms with Crippen LogP contribution in [0.3, 0.4) is 0 Å². The number of ether oxygens (including phenoxy) is 1. The lowest BCUT2D eigenvalue weighted by molar-refractivity contribution is 0.0588. The van der Waals surface area contributed by atoms with E-state index in [0.29, 0.717) is 37.2 Å². The summed E-state index contributed by atoms with van der Waals surface area (Å²) in [5, 5.41) is 31.9. The minimum Gasteiger partial charge on any atom is -0.535 e. The van der Waals surface area contributed by atoms with Crippen LogP contribution in [0.1, 0.15) is 21.5 Å². The average molecular weight is 384 g/mol. The van der Waals surface area contributed by atoms with Crippen LogP contribution < -0.4 is 9.39 Å². The Bertz CT molecular complexity index is 919. The van der Waals surface area contributed by atoms with Crippen LogP contribution in [0.25, 0.3) is 0 Å². The first-order chi connectivity index (χ1) is 13.6. The molecule has 1 fully saturated rings.